The van der Waals surface area contributed by atoms with Gasteiger partial charge in [-0.15, -0.1) is 10.2 Å². The van der Waals surface area contributed by atoms with Gasteiger partial charge in [-0.2, -0.15) is 0 Å². The number of hydrogen-bond acceptors (Lipinski definition) is 5. The fraction of sp³-hybridized carbons (Fsp3) is 0.118. The van der Waals surface area contributed by atoms with E-state index in [1.165, 1.54) is 11.3 Å². The molecule has 2 heterocycles. The van der Waals surface area contributed by atoms with E-state index < -0.39 is 0 Å². The van der Waals surface area contributed by atoms with Gasteiger partial charge in [0.15, 0.2) is 0 Å². The zero-order chi connectivity index (χ0) is 15.8. The molecule has 0 spiro atoms. The average molecular weight is 323 g/mol. The van der Waals surface area contributed by atoms with Crippen LogP contribution in [-0.4, -0.2) is 16.1 Å². The SMILES string of the molecule is Cc1nnc(NC(=O)Cc2coc3ccc4ccccc4c23)s1. The minimum atomic E-state index is -0.128. The molecule has 6 heteroatoms. The van der Waals surface area contributed by atoms with E-state index >= 15 is 0 Å². The predicted octanol–water partition coefficient (Wildman–Crippen LogP) is 3.93. The van der Waals surface area contributed by atoms with Crippen LogP contribution in [0.3, 0.4) is 0 Å². The molecule has 2 aromatic carbocycles. The van der Waals surface area contributed by atoms with Gasteiger partial charge < -0.3 is 9.73 Å². The number of carbonyl (C=O) groups excluding carboxylic acids is 1. The molecule has 0 atom stereocenters. The van der Waals surface area contributed by atoms with E-state index in [1.54, 1.807) is 6.26 Å². The number of furan rings is 1. The highest BCUT2D eigenvalue weighted by Gasteiger charge is 2.14. The van der Waals surface area contributed by atoms with Gasteiger partial charge in [-0.05, 0) is 23.8 Å². The highest BCUT2D eigenvalue weighted by Crippen LogP contribution is 2.30. The van der Waals surface area contributed by atoms with E-state index in [2.05, 4.69) is 21.6 Å². The zero-order valence-electron chi connectivity index (χ0n) is 12.4. The van der Waals surface area contributed by atoms with Crippen molar-refractivity contribution in [2.45, 2.75) is 13.3 Å². The normalized spacial score (nSPS) is 11.2. The number of carbonyl (C=O) groups is 1. The molecule has 0 aliphatic carbocycles. The molecule has 1 amide bonds. The number of rotatable bonds is 3. The first-order valence-electron chi connectivity index (χ1n) is 7.18. The van der Waals surface area contributed by atoms with Crippen molar-refractivity contribution in [1.29, 1.82) is 0 Å². The molecule has 0 saturated heterocycles. The first-order valence-corrected chi connectivity index (χ1v) is 8.00. The quantitative estimate of drug-likeness (QED) is 0.620. The molecule has 1 N–H and O–H groups in total. The molecule has 114 valence electrons. The molecule has 0 unspecified atom stereocenters. The molecule has 23 heavy (non-hydrogen) atoms. The average Bonchev–Trinajstić information content (AvgIpc) is 3.14. The second kappa shape index (κ2) is 5.48. The van der Waals surface area contributed by atoms with Gasteiger partial charge in [0, 0.05) is 10.9 Å². The molecule has 4 aromatic rings. The zero-order valence-corrected chi connectivity index (χ0v) is 13.2. The number of benzene rings is 2. The minimum absolute atomic E-state index is 0.128. The van der Waals surface area contributed by atoms with Crippen LogP contribution >= 0.6 is 11.3 Å². The lowest BCUT2D eigenvalue weighted by molar-refractivity contribution is -0.115. The highest BCUT2D eigenvalue weighted by molar-refractivity contribution is 7.15. The fourth-order valence-electron chi connectivity index (χ4n) is 2.69. The van der Waals surface area contributed by atoms with E-state index in [1.807, 2.05) is 37.3 Å². The Balaban J connectivity index is 1.68. The minimum Gasteiger partial charge on any atom is -0.464 e. The third-order valence-electron chi connectivity index (χ3n) is 3.66. The van der Waals surface area contributed by atoms with E-state index in [0.29, 0.717) is 5.13 Å². The molecule has 0 aliphatic heterocycles. The van der Waals surface area contributed by atoms with E-state index in [-0.39, 0.29) is 12.3 Å². The van der Waals surface area contributed by atoms with Crippen LogP contribution in [0.2, 0.25) is 0 Å². The molecule has 0 bridgehead atoms. The van der Waals surface area contributed by atoms with Crippen molar-refractivity contribution in [3.05, 3.63) is 53.2 Å². The maximum Gasteiger partial charge on any atom is 0.230 e. The summed E-state index contributed by atoms with van der Waals surface area (Å²) < 4.78 is 5.61. The maximum absolute atomic E-state index is 12.3. The number of anilines is 1. The van der Waals surface area contributed by atoms with E-state index in [4.69, 9.17) is 4.42 Å². The maximum atomic E-state index is 12.3. The summed E-state index contributed by atoms with van der Waals surface area (Å²) in [7, 11) is 0. The number of fused-ring (bicyclic) bond motifs is 3. The van der Waals surface area contributed by atoms with Crippen molar-refractivity contribution < 1.29 is 9.21 Å². The van der Waals surface area contributed by atoms with Crippen molar-refractivity contribution in [3.63, 3.8) is 0 Å². The van der Waals surface area contributed by atoms with Crippen molar-refractivity contribution in [2.75, 3.05) is 5.32 Å². The lowest BCUT2D eigenvalue weighted by atomic mass is 10.0. The monoisotopic (exact) mass is 323 g/mol. The molecule has 0 radical (unpaired) electrons. The lowest BCUT2D eigenvalue weighted by Gasteiger charge is -2.02. The van der Waals surface area contributed by atoms with Gasteiger partial charge in [0.25, 0.3) is 0 Å². The molecule has 2 aromatic heterocycles. The van der Waals surface area contributed by atoms with Crippen molar-refractivity contribution in [1.82, 2.24) is 10.2 Å². The van der Waals surface area contributed by atoms with Gasteiger partial charge in [0.05, 0.1) is 12.7 Å². The Labute approximate surface area is 136 Å². The summed E-state index contributed by atoms with van der Waals surface area (Å²) in [5.74, 6) is -0.128. The summed E-state index contributed by atoms with van der Waals surface area (Å²) in [6.45, 7) is 1.85. The molecule has 5 nitrogen and oxygen atoms in total. The second-order valence-corrected chi connectivity index (χ2v) is 6.45. The number of nitrogens with zero attached hydrogens (tertiary/aromatic N) is 2. The first kappa shape index (κ1) is 13.9. The van der Waals surface area contributed by atoms with Gasteiger partial charge in [-0.25, -0.2) is 0 Å². The van der Waals surface area contributed by atoms with Crippen LogP contribution in [0.1, 0.15) is 10.6 Å². The van der Waals surface area contributed by atoms with Crippen molar-refractivity contribution >= 4 is 44.1 Å². The molecular weight excluding hydrogens is 310 g/mol. The summed E-state index contributed by atoms with van der Waals surface area (Å²) in [6.07, 6.45) is 1.89. The number of aryl methyl sites for hydroxylation is 1. The Kier molecular flexibility index (Phi) is 3.31. The second-order valence-electron chi connectivity index (χ2n) is 5.27. The summed E-state index contributed by atoms with van der Waals surface area (Å²) in [6, 6.07) is 12.0. The van der Waals surface area contributed by atoms with Crippen LogP contribution < -0.4 is 5.32 Å². The standard InChI is InChI=1S/C17H13N3O2S/c1-10-19-20-17(23-10)18-15(21)8-12-9-22-14-7-6-11-4-2-3-5-13(11)16(12)14/h2-7,9H,8H2,1H3,(H,18,20,21). The Hall–Kier alpha value is -2.73. The Morgan fingerprint density at radius 1 is 1.22 bits per heavy atom. The third-order valence-corrected chi connectivity index (χ3v) is 4.42. The molecule has 0 saturated carbocycles. The van der Waals surface area contributed by atoms with Crippen LogP contribution in [0, 0.1) is 6.92 Å². The van der Waals surface area contributed by atoms with Gasteiger partial charge in [-0.3, -0.25) is 4.79 Å². The Morgan fingerprint density at radius 3 is 2.91 bits per heavy atom. The molecule has 4 rings (SSSR count). The highest BCUT2D eigenvalue weighted by atomic mass is 32.1. The van der Waals surface area contributed by atoms with E-state index in [0.717, 1.165) is 32.3 Å². The van der Waals surface area contributed by atoms with Crippen LogP contribution in [0.5, 0.6) is 0 Å². The fourth-order valence-corrected chi connectivity index (χ4v) is 3.30. The van der Waals surface area contributed by atoms with Gasteiger partial charge in [0.2, 0.25) is 11.0 Å². The number of amides is 1. The topological polar surface area (TPSA) is 68.0 Å². The summed E-state index contributed by atoms with van der Waals surface area (Å²) >= 11 is 1.36. The molecular formula is C17H13N3O2S. The van der Waals surface area contributed by atoms with Gasteiger partial charge in [0.1, 0.15) is 10.6 Å². The summed E-state index contributed by atoms with van der Waals surface area (Å²) in [4.78, 5) is 12.3. The summed E-state index contributed by atoms with van der Waals surface area (Å²) in [5.41, 5.74) is 1.66. The number of aromatic nitrogens is 2. The lowest BCUT2D eigenvalue weighted by Crippen LogP contribution is -2.14. The van der Waals surface area contributed by atoms with Gasteiger partial charge >= 0.3 is 0 Å². The number of hydrogen-bond donors (Lipinski definition) is 1. The molecule has 0 fully saturated rings. The Morgan fingerprint density at radius 2 is 2.09 bits per heavy atom. The Bertz CT molecular complexity index is 1020. The van der Waals surface area contributed by atoms with Crippen LogP contribution in [0.25, 0.3) is 21.7 Å². The predicted molar refractivity (Wildman–Crippen MR) is 90.7 cm³/mol. The third kappa shape index (κ3) is 2.57. The summed E-state index contributed by atoms with van der Waals surface area (Å²) in [5, 5.41) is 15.1. The van der Waals surface area contributed by atoms with Crippen LogP contribution in [0.4, 0.5) is 5.13 Å². The van der Waals surface area contributed by atoms with E-state index in [9.17, 15) is 4.79 Å². The van der Waals surface area contributed by atoms with Crippen molar-refractivity contribution in [2.24, 2.45) is 0 Å². The van der Waals surface area contributed by atoms with Crippen molar-refractivity contribution in [3.8, 4) is 0 Å². The molecule has 0 aliphatic rings. The van der Waals surface area contributed by atoms with Crippen LogP contribution in [0.15, 0.2) is 47.1 Å². The smallest absolute Gasteiger partial charge is 0.230 e. The first-order chi connectivity index (χ1) is 11.2. The van der Waals surface area contributed by atoms with Crippen LogP contribution in [-0.2, 0) is 11.2 Å². The van der Waals surface area contributed by atoms with Gasteiger partial charge in [-0.1, -0.05) is 41.7 Å². The number of nitrogens with one attached hydrogen (secondary N) is 1. The largest absolute Gasteiger partial charge is 0.464 e.